The van der Waals surface area contributed by atoms with Crippen molar-refractivity contribution in [2.45, 2.75) is 13.3 Å². The minimum atomic E-state index is -0.304. The van der Waals surface area contributed by atoms with Gasteiger partial charge >= 0.3 is 0 Å². The number of aromatic hydroxyl groups is 1. The number of aryl methyl sites for hydroxylation is 1. The van der Waals surface area contributed by atoms with E-state index in [4.69, 9.17) is 0 Å². The fourth-order valence-electron chi connectivity index (χ4n) is 2.51. The number of hydrogen-bond acceptors (Lipinski definition) is 4. The third-order valence-electron chi connectivity index (χ3n) is 3.70. The Morgan fingerprint density at radius 2 is 2.08 bits per heavy atom. The molecule has 0 saturated heterocycles. The minimum absolute atomic E-state index is 0.209. The summed E-state index contributed by atoms with van der Waals surface area (Å²) in [5.74, 6) is -0.0944. The lowest BCUT2D eigenvalue weighted by Crippen LogP contribution is -2.18. The number of amides is 1. The molecule has 0 spiro atoms. The Balaban J connectivity index is 1.77. The van der Waals surface area contributed by atoms with E-state index in [0.29, 0.717) is 12.0 Å². The second-order valence-corrected chi connectivity index (χ2v) is 6.47. The van der Waals surface area contributed by atoms with Crippen LogP contribution in [0.5, 0.6) is 5.75 Å². The molecule has 126 valence electrons. The van der Waals surface area contributed by atoms with E-state index in [9.17, 15) is 9.90 Å². The summed E-state index contributed by atoms with van der Waals surface area (Å²) in [6, 6.07) is 14.4. The highest BCUT2D eigenvalue weighted by molar-refractivity contribution is 9.10. The molecule has 0 aliphatic rings. The predicted octanol–water partition coefficient (Wildman–Crippen LogP) is 3.97. The third-order valence-corrected chi connectivity index (χ3v) is 4.20. The van der Waals surface area contributed by atoms with Crippen molar-refractivity contribution in [3.8, 4) is 5.75 Å². The summed E-state index contributed by atoms with van der Waals surface area (Å²) in [5.41, 5.74) is 5.31. The molecule has 0 radical (unpaired) electrons. The predicted molar refractivity (Wildman–Crippen MR) is 102 cm³/mol. The number of hydrazone groups is 1. The van der Waals surface area contributed by atoms with Crippen molar-refractivity contribution >= 4 is 39.0 Å². The summed E-state index contributed by atoms with van der Waals surface area (Å²) < 4.78 is 0.878. The van der Waals surface area contributed by atoms with Gasteiger partial charge in [-0.2, -0.15) is 5.10 Å². The van der Waals surface area contributed by atoms with Crippen molar-refractivity contribution in [2.24, 2.45) is 5.10 Å². The summed E-state index contributed by atoms with van der Waals surface area (Å²) in [6.45, 7) is 1.85. The zero-order valence-corrected chi connectivity index (χ0v) is 15.1. The molecule has 3 aromatic rings. The second kappa shape index (κ2) is 7.44. The number of fused-ring (bicyclic) bond motifs is 1. The first-order chi connectivity index (χ1) is 12.0. The lowest BCUT2D eigenvalue weighted by molar-refractivity contribution is 0.0956. The zero-order valence-electron chi connectivity index (χ0n) is 13.5. The van der Waals surface area contributed by atoms with Crippen LogP contribution in [0.3, 0.4) is 0 Å². The molecule has 0 fully saturated rings. The van der Waals surface area contributed by atoms with Gasteiger partial charge in [0, 0.05) is 28.2 Å². The van der Waals surface area contributed by atoms with Gasteiger partial charge in [-0.05, 0) is 42.8 Å². The molecule has 0 bridgehead atoms. The van der Waals surface area contributed by atoms with Crippen molar-refractivity contribution < 1.29 is 9.90 Å². The molecule has 0 saturated carbocycles. The average Bonchev–Trinajstić information content (AvgIpc) is 2.59. The average molecular weight is 398 g/mol. The fourth-order valence-corrected chi connectivity index (χ4v) is 2.87. The minimum Gasteiger partial charge on any atom is -0.508 e. The number of rotatable bonds is 4. The molecule has 1 heterocycles. The van der Waals surface area contributed by atoms with Gasteiger partial charge in [-0.25, -0.2) is 5.43 Å². The number of pyridine rings is 1. The Kier molecular flexibility index (Phi) is 5.09. The van der Waals surface area contributed by atoms with Crippen LogP contribution in [0.2, 0.25) is 0 Å². The number of carbonyl (C=O) groups is 1. The van der Waals surface area contributed by atoms with Gasteiger partial charge in [-0.3, -0.25) is 9.78 Å². The van der Waals surface area contributed by atoms with Gasteiger partial charge < -0.3 is 5.11 Å². The molecule has 0 atom stereocenters. The second-order valence-electron chi connectivity index (χ2n) is 5.56. The van der Waals surface area contributed by atoms with Crippen molar-refractivity contribution in [1.82, 2.24) is 10.4 Å². The monoisotopic (exact) mass is 397 g/mol. The molecule has 0 unspecified atom stereocenters. The number of nitrogens with one attached hydrogen (secondary N) is 1. The number of carbonyl (C=O) groups excluding carboxylic acids is 1. The highest BCUT2D eigenvalue weighted by Crippen LogP contribution is 2.23. The van der Waals surface area contributed by atoms with Crippen LogP contribution in [0, 0.1) is 6.92 Å². The molecule has 2 N–H and O–H groups in total. The third kappa shape index (κ3) is 4.03. The maximum absolute atomic E-state index is 12.5. The van der Waals surface area contributed by atoms with Gasteiger partial charge in [-0.1, -0.05) is 34.1 Å². The van der Waals surface area contributed by atoms with Crippen LogP contribution >= 0.6 is 15.9 Å². The highest BCUT2D eigenvalue weighted by atomic mass is 79.9. The van der Waals surface area contributed by atoms with Crippen LogP contribution < -0.4 is 5.43 Å². The first kappa shape index (κ1) is 17.1. The standard InChI is InChI=1S/C19H16BrN3O2/c1-12-10-16(15-11-14(20)6-7-17(15)22-12)19(25)23-21-9-8-13-4-2-3-5-18(13)24/h2-7,9-11,24H,8H2,1H3,(H,23,25). The van der Waals surface area contributed by atoms with E-state index >= 15 is 0 Å². The maximum Gasteiger partial charge on any atom is 0.272 e. The van der Waals surface area contributed by atoms with Gasteiger partial charge in [0.25, 0.3) is 5.91 Å². The largest absolute Gasteiger partial charge is 0.508 e. The van der Waals surface area contributed by atoms with Crippen LogP contribution in [-0.4, -0.2) is 22.2 Å². The Labute approximate surface area is 153 Å². The Bertz CT molecular complexity index is 970. The lowest BCUT2D eigenvalue weighted by Gasteiger charge is -2.07. The number of para-hydroxylation sites is 1. The van der Waals surface area contributed by atoms with E-state index in [-0.39, 0.29) is 11.7 Å². The van der Waals surface area contributed by atoms with Gasteiger partial charge in [0.15, 0.2) is 0 Å². The van der Waals surface area contributed by atoms with Crippen LogP contribution in [0.4, 0.5) is 0 Å². The van der Waals surface area contributed by atoms with Crippen LogP contribution in [-0.2, 0) is 6.42 Å². The van der Waals surface area contributed by atoms with E-state index in [0.717, 1.165) is 26.6 Å². The number of halogens is 1. The topological polar surface area (TPSA) is 74.6 Å². The number of aromatic nitrogens is 1. The molecule has 0 aliphatic carbocycles. The SMILES string of the molecule is Cc1cc(C(=O)NN=CCc2ccccc2O)c2cc(Br)ccc2n1. The van der Waals surface area contributed by atoms with Crippen LogP contribution in [0.1, 0.15) is 21.6 Å². The molecule has 1 amide bonds. The molecule has 2 aromatic carbocycles. The van der Waals surface area contributed by atoms with Crippen molar-refractivity contribution in [3.63, 3.8) is 0 Å². The first-order valence-corrected chi connectivity index (χ1v) is 8.49. The van der Waals surface area contributed by atoms with E-state index in [2.05, 4.69) is 31.4 Å². The lowest BCUT2D eigenvalue weighted by atomic mass is 10.1. The summed E-state index contributed by atoms with van der Waals surface area (Å²) >= 11 is 3.42. The van der Waals surface area contributed by atoms with E-state index < -0.39 is 0 Å². The normalized spacial score (nSPS) is 11.1. The van der Waals surface area contributed by atoms with Crippen LogP contribution in [0.25, 0.3) is 10.9 Å². The van der Waals surface area contributed by atoms with Gasteiger partial charge in [0.1, 0.15) is 5.75 Å². The molecule has 6 heteroatoms. The van der Waals surface area contributed by atoms with Crippen LogP contribution in [0.15, 0.2) is 58.1 Å². The van der Waals surface area contributed by atoms with Crippen molar-refractivity contribution in [3.05, 3.63) is 69.8 Å². The first-order valence-electron chi connectivity index (χ1n) is 7.70. The Hall–Kier alpha value is -2.73. The molecular formula is C19H16BrN3O2. The van der Waals surface area contributed by atoms with E-state index in [1.165, 1.54) is 0 Å². The molecule has 3 rings (SSSR count). The molecule has 25 heavy (non-hydrogen) atoms. The quantitative estimate of drug-likeness (QED) is 0.516. The molecule has 5 nitrogen and oxygen atoms in total. The molecular weight excluding hydrogens is 382 g/mol. The van der Waals surface area contributed by atoms with E-state index in [1.54, 1.807) is 30.5 Å². The number of nitrogens with zero attached hydrogens (tertiary/aromatic N) is 2. The summed E-state index contributed by atoms with van der Waals surface area (Å²) in [7, 11) is 0. The number of hydrogen-bond donors (Lipinski definition) is 2. The maximum atomic E-state index is 12.5. The fraction of sp³-hybridized carbons (Fsp3) is 0.105. The van der Waals surface area contributed by atoms with Gasteiger partial charge in [0.05, 0.1) is 11.1 Å². The van der Waals surface area contributed by atoms with Gasteiger partial charge in [0.2, 0.25) is 0 Å². The number of benzene rings is 2. The Morgan fingerprint density at radius 1 is 1.28 bits per heavy atom. The van der Waals surface area contributed by atoms with Crippen molar-refractivity contribution in [2.75, 3.05) is 0 Å². The summed E-state index contributed by atoms with van der Waals surface area (Å²) in [4.78, 5) is 16.9. The van der Waals surface area contributed by atoms with Gasteiger partial charge in [-0.15, -0.1) is 0 Å². The number of phenols is 1. The van der Waals surface area contributed by atoms with Crippen molar-refractivity contribution in [1.29, 1.82) is 0 Å². The highest BCUT2D eigenvalue weighted by Gasteiger charge is 2.12. The number of phenolic OH excluding ortho intramolecular Hbond substituents is 1. The Morgan fingerprint density at radius 3 is 2.88 bits per heavy atom. The molecule has 0 aliphatic heterocycles. The summed E-state index contributed by atoms with van der Waals surface area (Å²) in [6.07, 6.45) is 1.98. The smallest absolute Gasteiger partial charge is 0.272 e. The van der Waals surface area contributed by atoms with E-state index in [1.807, 2.05) is 31.2 Å². The molecule has 1 aromatic heterocycles. The summed E-state index contributed by atoms with van der Waals surface area (Å²) in [5, 5.41) is 14.4. The zero-order chi connectivity index (χ0) is 17.8.